The van der Waals surface area contributed by atoms with Crippen LogP contribution in [0.15, 0.2) is 18.2 Å². The summed E-state index contributed by atoms with van der Waals surface area (Å²) in [5, 5.41) is 14.3. The largest absolute Gasteiger partial charge is 0.382 e. The quantitative estimate of drug-likeness (QED) is 0.649. The fraction of sp³-hybridized carbons (Fsp3) is 0.625. The lowest BCUT2D eigenvalue weighted by atomic mass is 9.79. The summed E-state index contributed by atoms with van der Waals surface area (Å²) in [7, 11) is 0. The molecular weight excluding hydrogens is 252 g/mol. The topological polar surface area (TPSA) is 55.2 Å². The van der Waals surface area contributed by atoms with Gasteiger partial charge in [0.05, 0.1) is 4.92 Å². The third kappa shape index (κ3) is 3.50. The molecule has 110 valence electrons. The van der Waals surface area contributed by atoms with E-state index in [2.05, 4.69) is 19.2 Å². The Balaban J connectivity index is 1.95. The molecule has 0 amide bonds. The van der Waals surface area contributed by atoms with E-state index in [9.17, 15) is 10.1 Å². The third-order valence-electron chi connectivity index (χ3n) is 4.48. The second kappa shape index (κ2) is 6.25. The molecule has 1 aliphatic rings. The van der Waals surface area contributed by atoms with Crippen LogP contribution in [0.25, 0.3) is 0 Å². The molecule has 1 aliphatic carbocycles. The summed E-state index contributed by atoms with van der Waals surface area (Å²) in [6, 6.07) is 5.80. The van der Waals surface area contributed by atoms with Crippen LogP contribution >= 0.6 is 0 Å². The van der Waals surface area contributed by atoms with Gasteiger partial charge < -0.3 is 5.32 Å². The minimum atomic E-state index is -0.326. The third-order valence-corrected chi connectivity index (χ3v) is 4.48. The highest BCUT2D eigenvalue weighted by Gasteiger charge is 2.23. The van der Waals surface area contributed by atoms with Crippen molar-refractivity contribution in [2.75, 3.05) is 5.32 Å². The van der Waals surface area contributed by atoms with Crippen molar-refractivity contribution in [1.29, 1.82) is 0 Å². The maximum absolute atomic E-state index is 10.8. The van der Waals surface area contributed by atoms with Crippen molar-refractivity contribution in [2.45, 2.75) is 52.5 Å². The Hall–Kier alpha value is -1.58. The first-order valence-electron chi connectivity index (χ1n) is 7.49. The number of nitrogens with zero attached hydrogens (tertiary/aromatic N) is 1. The van der Waals surface area contributed by atoms with Crippen molar-refractivity contribution < 1.29 is 4.92 Å². The minimum Gasteiger partial charge on any atom is -0.382 e. The van der Waals surface area contributed by atoms with Gasteiger partial charge in [-0.2, -0.15) is 0 Å². The monoisotopic (exact) mass is 276 g/mol. The number of nitro benzene ring substituents is 1. The van der Waals surface area contributed by atoms with Gasteiger partial charge in [0.15, 0.2) is 0 Å². The Morgan fingerprint density at radius 3 is 2.40 bits per heavy atom. The number of anilines is 1. The van der Waals surface area contributed by atoms with Gasteiger partial charge in [0, 0.05) is 23.4 Å². The average molecular weight is 276 g/mol. The Labute approximate surface area is 120 Å². The summed E-state index contributed by atoms with van der Waals surface area (Å²) in [6.45, 7) is 6.40. The molecule has 4 nitrogen and oxygen atoms in total. The highest BCUT2D eigenvalue weighted by molar-refractivity contribution is 5.54. The first-order valence-corrected chi connectivity index (χ1v) is 7.49. The van der Waals surface area contributed by atoms with Crippen LogP contribution in [0.4, 0.5) is 11.4 Å². The van der Waals surface area contributed by atoms with E-state index < -0.39 is 0 Å². The minimum absolute atomic E-state index is 0.194. The van der Waals surface area contributed by atoms with Crippen molar-refractivity contribution in [3.8, 4) is 0 Å². The van der Waals surface area contributed by atoms with E-state index in [-0.39, 0.29) is 10.6 Å². The Kier molecular flexibility index (Phi) is 4.63. The first kappa shape index (κ1) is 14.8. The Morgan fingerprint density at radius 2 is 1.90 bits per heavy atom. The summed E-state index contributed by atoms with van der Waals surface area (Å²) >= 11 is 0. The molecule has 1 N–H and O–H groups in total. The number of rotatable bonds is 4. The molecule has 20 heavy (non-hydrogen) atoms. The van der Waals surface area contributed by atoms with E-state index in [1.807, 2.05) is 12.1 Å². The summed E-state index contributed by atoms with van der Waals surface area (Å²) in [5.41, 5.74) is 1.91. The highest BCUT2D eigenvalue weighted by Crippen LogP contribution is 2.32. The molecule has 0 unspecified atom stereocenters. The first-order chi connectivity index (χ1) is 9.47. The van der Waals surface area contributed by atoms with E-state index >= 15 is 0 Å². The molecule has 0 heterocycles. The predicted octanol–water partition coefficient (Wildman–Crippen LogP) is 4.53. The number of hydrogen-bond acceptors (Lipinski definition) is 3. The van der Waals surface area contributed by atoms with E-state index in [1.165, 1.54) is 25.7 Å². The molecule has 0 radical (unpaired) electrons. The standard InChI is InChI=1S/C16H24N2O2/c1-11(2)13-4-6-14(7-5-13)17-15-8-9-16(18(19)20)12(3)10-15/h8-11,13-14,17H,4-7H2,1-3H3. The molecule has 1 aromatic rings. The van der Waals surface area contributed by atoms with Crippen molar-refractivity contribution >= 4 is 11.4 Å². The fourth-order valence-corrected chi connectivity index (χ4v) is 3.12. The number of aryl methyl sites for hydroxylation is 1. The lowest BCUT2D eigenvalue weighted by Gasteiger charge is -2.31. The molecular formula is C16H24N2O2. The van der Waals surface area contributed by atoms with Gasteiger partial charge in [-0.25, -0.2) is 0 Å². The smallest absolute Gasteiger partial charge is 0.272 e. The zero-order chi connectivity index (χ0) is 14.7. The van der Waals surface area contributed by atoms with Gasteiger partial charge in [-0.3, -0.25) is 10.1 Å². The molecule has 1 aromatic carbocycles. The molecule has 0 aliphatic heterocycles. The molecule has 4 heteroatoms. The molecule has 2 rings (SSSR count). The maximum Gasteiger partial charge on any atom is 0.272 e. The van der Waals surface area contributed by atoms with Crippen LogP contribution in [0, 0.1) is 28.9 Å². The Morgan fingerprint density at radius 1 is 1.25 bits per heavy atom. The van der Waals surface area contributed by atoms with E-state index in [4.69, 9.17) is 0 Å². The van der Waals surface area contributed by atoms with Crippen molar-refractivity contribution in [2.24, 2.45) is 11.8 Å². The normalized spacial score (nSPS) is 22.8. The van der Waals surface area contributed by atoms with Gasteiger partial charge in [-0.15, -0.1) is 0 Å². The summed E-state index contributed by atoms with van der Waals surface area (Å²) < 4.78 is 0. The number of benzene rings is 1. The molecule has 1 saturated carbocycles. The second-order valence-corrected chi connectivity index (χ2v) is 6.26. The van der Waals surface area contributed by atoms with E-state index in [0.29, 0.717) is 6.04 Å². The molecule has 1 fully saturated rings. The molecule has 0 atom stereocenters. The average Bonchev–Trinajstić information content (AvgIpc) is 2.39. The van der Waals surface area contributed by atoms with Crippen molar-refractivity contribution in [3.05, 3.63) is 33.9 Å². The van der Waals surface area contributed by atoms with Gasteiger partial charge in [-0.1, -0.05) is 13.8 Å². The second-order valence-electron chi connectivity index (χ2n) is 6.26. The molecule has 0 bridgehead atoms. The van der Waals surface area contributed by atoms with E-state index in [0.717, 1.165) is 23.1 Å². The van der Waals surface area contributed by atoms with Gasteiger partial charge in [-0.05, 0) is 56.6 Å². The van der Waals surface area contributed by atoms with Gasteiger partial charge in [0.25, 0.3) is 5.69 Å². The van der Waals surface area contributed by atoms with Crippen LogP contribution in [0.2, 0.25) is 0 Å². The zero-order valence-electron chi connectivity index (χ0n) is 12.6. The Bertz CT molecular complexity index is 477. The molecule has 0 aromatic heterocycles. The number of nitrogens with one attached hydrogen (secondary N) is 1. The summed E-state index contributed by atoms with van der Waals surface area (Å²) in [6.07, 6.45) is 4.94. The zero-order valence-corrected chi connectivity index (χ0v) is 12.6. The number of hydrogen-bond donors (Lipinski definition) is 1. The van der Waals surface area contributed by atoms with Crippen LogP contribution < -0.4 is 5.32 Å². The van der Waals surface area contributed by atoms with Crippen LogP contribution in [0.3, 0.4) is 0 Å². The number of nitro groups is 1. The fourth-order valence-electron chi connectivity index (χ4n) is 3.12. The predicted molar refractivity (Wildman–Crippen MR) is 82.0 cm³/mol. The highest BCUT2D eigenvalue weighted by atomic mass is 16.6. The van der Waals surface area contributed by atoms with Crippen molar-refractivity contribution in [1.82, 2.24) is 0 Å². The molecule has 0 spiro atoms. The molecule has 0 saturated heterocycles. The van der Waals surface area contributed by atoms with Gasteiger partial charge in [0.2, 0.25) is 0 Å². The SMILES string of the molecule is Cc1cc(NC2CCC(C(C)C)CC2)ccc1[N+](=O)[O-]. The lowest BCUT2D eigenvalue weighted by Crippen LogP contribution is -2.27. The summed E-state index contributed by atoms with van der Waals surface area (Å²) in [4.78, 5) is 10.5. The summed E-state index contributed by atoms with van der Waals surface area (Å²) in [5.74, 6) is 1.63. The van der Waals surface area contributed by atoms with E-state index in [1.54, 1.807) is 13.0 Å². The van der Waals surface area contributed by atoms with Crippen LogP contribution in [0.5, 0.6) is 0 Å². The van der Waals surface area contributed by atoms with Crippen LogP contribution in [0.1, 0.15) is 45.1 Å². The van der Waals surface area contributed by atoms with Gasteiger partial charge >= 0.3 is 0 Å². The van der Waals surface area contributed by atoms with Crippen LogP contribution in [-0.4, -0.2) is 11.0 Å². The van der Waals surface area contributed by atoms with Crippen LogP contribution in [-0.2, 0) is 0 Å². The maximum atomic E-state index is 10.8. The van der Waals surface area contributed by atoms with Gasteiger partial charge in [0.1, 0.15) is 0 Å². The lowest BCUT2D eigenvalue weighted by molar-refractivity contribution is -0.385. The van der Waals surface area contributed by atoms with Crippen molar-refractivity contribution in [3.63, 3.8) is 0 Å².